The second-order valence-corrected chi connectivity index (χ2v) is 9.46. The number of hydrogen-bond acceptors (Lipinski definition) is 2. The minimum absolute atomic E-state index is 0.552. The zero-order chi connectivity index (χ0) is 22.4. The summed E-state index contributed by atoms with van der Waals surface area (Å²) in [6.45, 7) is 6.67. The smallest absolute Gasteiger partial charge is 0.317 e. The molecule has 30 heavy (non-hydrogen) atoms. The van der Waals surface area contributed by atoms with Crippen molar-refractivity contribution in [3.8, 4) is 0 Å². The Bertz CT molecular complexity index is 576. The van der Waals surface area contributed by atoms with Crippen LogP contribution < -0.4 is 0 Å². The van der Waals surface area contributed by atoms with Gasteiger partial charge in [-0.25, -0.2) is 0 Å². The van der Waals surface area contributed by atoms with Crippen LogP contribution in [0.1, 0.15) is 111 Å². The molecule has 0 radical (unpaired) electrons. The van der Waals surface area contributed by atoms with E-state index in [4.69, 9.17) is 0 Å². The molecule has 4 heteroatoms. The molecule has 0 heterocycles. The van der Waals surface area contributed by atoms with Gasteiger partial charge in [0, 0.05) is 0 Å². The lowest BCUT2D eigenvalue weighted by Gasteiger charge is -2.30. The minimum atomic E-state index is -1.04. The summed E-state index contributed by atoms with van der Waals surface area (Å²) in [7, 11) is 0. The number of rotatable bonds is 17. The monoisotopic (exact) mass is 420 g/mol. The summed E-state index contributed by atoms with van der Waals surface area (Å²) >= 11 is 0. The van der Waals surface area contributed by atoms with Crippen molar-refractivity contribution in [2.24, 2.45) is 17.3 Å². The van der Waals surface area contributed by atoms with Crippen LogP contribution in [-0.2, 0) is 9.59 Å². The molecule has 2 unspecified atom stereocenters. The number of aliphatic carboxylic acids is 2. The number of hydrogen-bond donors (Lipinski definition) is 2. The molecule has 2 atom stereocenters. The Labute approximate surface area is 183 Å². The molecular weight excluding hydrogens is 376 g/mol. The van der Waals surface area contributed by atoms with Gasteiger partial charge in [0.25, 0.3) is 0 Å². The van der Waals surface area contributed by atoms with E-state index in [1.165, 1.54) is 38.5 Å². The standard InChI is InChI=1S/C26H44O4/c1-4-5-6-7-11-14-18-26(25(29)30)19-17-23(24(27)28)22(20-26)16-13-10-8-9-12-15-21(2)3/h17,19-21,23H,4-16,18H2,1-3H3,(H,27,28)(H,29,30). The SMILES string of the molecule is CCCCCCCCC1(C(=O)O)C=CC(C(=O)O)C(CCCCCCCC(C)C)=C1. The van der Waals surface area contributed by atoms with Gasteiger partial charge < -0.3 is 10.2 Å². The summed E-state index contributed by atoms with van der Waals surface area (Å²) < 4.78 is 0. The van der Waals surface area contributed by atoms with E-state index in [1.807, 2.05) is 0 Å². The number of unbranched alkanes of at least 4 members (excludes halogenated alkanes) is 9. The predicted molar refractivity (Wildman–Crippen MR) is 124 cm³/mol. The van der Waals surface area contributed by atoms with Gasteiger partial charge in [0.1, 0.15) is 5.41 Å². The van der Waals surface area contributed by atoms with Crippen molar-refractivity contribution in [3.63, 3.8) is 0 Å². The number of carbonyl (C=O) groups is 2. The van der Waals surface area contributed by atoms with Gasteiger partial charge >= 0.3 is 11.9 Å². The molecule has 1 aliphatic rings. The highest BCUT2D eigenvalue weighted by Crippen LogP contribution is 2.38. The molecule has 0 bridgehead atoms. The average Bonchev–Trinajstić information content (AvgIpc) is 2.69. The van der Waals surface area contributed by atoms with Gasteiger partial charge in [-0.2, -0.15) is 0 Å². The zero-order valence-corrected chi connectivity index (χ0v) is 19.5. The Balaban J connectivity index is 2.64. The summed E-state index contributed by atoms with van der Waals surface area (Å²) in [5.41, 5.74) is -0.260. The van der Waals surface area contributed by atoms with E-state index < -0.39 is 23.3 Å². The van der Waals surface area contributed by atoms with Crippen LogP contribution >= 0.6 is 0 Å². The van der Waals surface area contributed by atoms with Crippen molar-refractivity contribution in [2.75, 3.05) is 0 Å². The maximum absolute atomic E-state index is 12.1. The second kappa shape index (κ2) is 14.4. The van der Waals surface area contributed by atoms with Crippen molar-refractivity contribution in [1.29, 1.82) is 0 Å². The normalized spacial score (nSPS) is 21.1. The summed E-state index contributed by atoms with van der Waals surface area (Å²) in [5.74, 6) is -1.67. The molecule has 0 saturated carbocycles. The first-order valence-electron chi connectivity index (χ1n) is 12.2. The Hall–Kier alpha value is -1.58. The lowest BCUT2D eigenvalue weighted by Crippen LogP contribution is -2.32. The van der Waals surface area contributed by atoms with Crippen LogP contribution in [0.25, 0.3) is 0 Å². The first-order valence-corrected chi connectivity index (χ1v) is 12.2. The summed E-state index contributed by atoms with van der Waals surface area (Å²) in [5, 5.41) is 19.5. The number of carboxylic acid groups (broad SMARTS) is 2. The van der Waals surface area contributed by atoms with E-state index in [0.29, 0.717) is 12.8 Å². The van der Waals surface area contributed by atoms with E-state index in [0.717, 1.165) is 50.0 Å². The van der Waals surface area contributed by atoms with Crippen molar-refractivity contribution >= 4 is 11.9 Å². The molecule has 1 aliphatic carbocycles. The van der Waals surface area contributed by atoms with Gasteiger partial charge in [-0.15, -0.1) is 0 Å². The predicted octanol–water partition coefficient (Wildman–Crippen LogP) is 7.39. The van der Waals surface area contributed by atoms with E-state index >= 15 is 0 Å². The molecule has 0 aromatic carbocycles. The third-order valence-electron chi connectivity index (χ3n) is 6.28. The highest BCUT2D eigenvalue weighted by molar-refractivity contribution is 5.83. The van der Waals surface area contributed by atoms with Crippen LogP contribution in [0.15, 0.2) is 23.8 Å². The largest absolute Gasteiger partial charge is 0.481 e. The highest BCUT2D eigenvalue weighted by Gasteiger charge is 2.38. The van der Waals surface area contributed by atoms with Gasteiger partial charge in [0.15, 0.2) is 0 Å². The third kappa shape index (κ3) is 9.49. The molecule has 0 saturated heterocycles. The molecule has 0 fully saturated rings. The van der Waals surface area contributed by atoms with E-state index in [-0.39, 0.29) is 0 Å². The van der Waals surface area contributed by atoms with Gasteiger partial charge in [0.05, 0.1) is 5.92 Å². The minimum Gasteiger partial charge on any atom is -0.481 e. The fraction of sp³-hybridized carbons (Fsp3) is 0.769. The van der Waals surface area contributed by atoms with Crippen LogP contribution in [0.3, 0.4) is 0 Å². The first kappa shape index (κ1) is 26.5. The third-order valence-corrected chi connectivity index (χ3v) is 6.28. The van der Waals surface area contributed by atoms with E-state index in [1.54, 1.807) is 18.2 Å². The van der Waals surface area contributed by atoms with Crippen molar-refractivity contribution in [1.82, 2.24) is 0 Å². The number of carboxylic acids is 2. The van der Waals surface area contributed by atoms with Crippen LogP contribution in [0.4, 0.5) is 0 Å². The zero-order valence-electron chi connectivity index (χ0n) is 19.5. The van der Waals surface area contributed by atoms with Crippen LogP contribution in [0.2, 0.25) is 0 Å². The van der Waals surface area contributed by atoms with Gasteiger partial charge in [-0.3, -0.25) is 9.59 Å². The fourth-order valence-corrected chi connectivity index (χ4v) is 4.33. The van der Waals surface area contributed by atoms with Gasteiger partial charge in [0.2, 0.25) is 0 Å². The molecule has 2 N–H and O–H groups in total. The Morgan fingerprint density at radius 1 is 0.933 bits per heavy atom. The molecule has 0 aromatic rings. The van der Waals surface area contributed by atoms with Crippen molar-refractivity contribution in [3.05, 3.63) is 23.8 Å². The lowest BCUT2D eigenvalue weighted by molar-refractivity contribution is -0.145. The Morgan fingerprint density at radius 2 is 1.53 bits per heavy atom. The average molecular weight is 421 g/mol. The van der Waals surface area contributed by atoms with Crippen LogP contribution in [-0.4, -0.2) is 22.2 Å². The molecule has 172 valence electrons. The molecule has 1 rings (SSSR count). The van der Waals surface area contributed by atoms with Crippen LogP contribution in [0.5, 0.6) is 0 Å². The fourth-order valence-electron chi connectivity index (χ4n) is 4.33. The molecule has 4 nitrogen and oxygen atoms in total. The van der Waals surface area contributed by atoms with Crippen molar-refractivity contribution in [2.45, 2.75) is 111 Å². The molecular formula is C26H44O4. The quantitative estimate of drug-likeness (QED) is 0.190. The summed E-state index contributed by atoms with van der Waals surface area (Å²) in [4.78, 5) is 23.8. The second-order valence-electron chi connectivity index (χ2n) is 9.46. The molecule has 0 amide bonds. The summed E-state index contributed by atoms with van der Waals surface area (Å²) in [6.07, 6.45) is 19.8. The highest BCUT2D eigenvalue weighted by atomic mass is 16.4. The maximum Gasteiger partial charge on any atom is 0.317 e. The maximum atomic E-state index is 12.1. The van der Waals surface area contributed by atoms with E-state index in [9.17, 15) is 19.8 Å². The molecule has 0 aliphatic heterocycles. The lowest BCUT2D eigenvalue weighted by atomic mass is 9.73. The van der Waals surface area contributed by atoms with E-state index in [2.05, 4.69) is 20.8 Å². The summed E-state index contributed by atoms with van der Waals surface area (Å²) in [6, 6.07) is 0. The van der Waals surface area contributed by atoms with Crippen LogP contribution in [0, 0.1) is 17.3 Å². The van der Waals surface area contributed by atoms with Crippen molar-refractivity contribution < 1.29 is 19.8 Å². The first-order chi connectivity index (χ1) is 14.3. The van der Waals surface area contributed by atoms with Gasteiger partial charge in [-0.1, -0.05) is 115 Å². The topological polar surface area (TPSA) is 74.6 Å². The molecule has 0 spiro atoms. The molecule has 0 aromatic heterocycles. The van der Waals surface area contributed by atoms with Gasteiger partial charge in [-0.05, 0) is 25.2 Å². The Kier molecular flexibility index (Phi) is 12.7. The Morgan fingerprint density at radius 3 is 2.13 bits per heavy atom.